The summed E-state index contributed by atoms with van der Waals surface area (Å²) in [5, 5.41) is 4.34. The molecular weight excluding hydrogens is 460 g/mol. The summed E-state index contributed by atoms with van der Waals surface area (Å²) in [7, 11) is 0. The minimum atomic E-state index is -0.357. The first kappa shape index (κ1) is 23.9. The number of hydrogen-bond acceptors (Lipinski definition) is 6. The lowest BCUT2D eigenvalue weighted by Gasteiger charge is -2.25. The monoisotopic (exact) mass is 490 g/mol. The fourth-order valence-electron chi connectivity index (χ4n) is 4.73. The van der Waals surface area contributed by atoms with Crippen LogP contribution in [0.1, 0.15) is 35.3 Å². The number of aromatic nitrogens is 3. The van der Waals surface area contributed by atoms with Crippen molar-refractivity contribution in [3.63, 3.8) is 0 Å². The molecule has 36 heavy (non-hydrogen) atoms. The largest absolute Gasteiger partial charge is 0.370 e. The Bertz CT molecular complexity index is 1200. The lowest BCUT2D eigenvalue weighted by atomic mass is 10.2. The molecule has 1 unspecified atom stereocenters. The molecule has 10 heteroatoms. The van der Waals surface area contributed by atoms with Crippen molar-refractivity contribution in [2.45, 2.75) is 32.0 Å². The van der Waals surface area contributed by atoms with Crippen LogP contribution in [-0.4, -0.2) is 92.4 Å². The molecule has 3 aromatic rings. The van der Waals surface area contributed by atoms with E-state index in [-0.39, 0.29) is 42.6 Å². The van der Waals surface area contributed by atoms with Gasteiger partial charge in [0.15, 0.2) is 11.3 Å². The van der Waals surface area contributed by atoms with E-state index in [0.717, 1.165) is 18.5 Å². The van der Waals surface area contributed by atoms with E-state index in [1.54, 1.807) is 33.9 Å². The van der Waals surface area contributed by atoms with E-state index in [2.05, 4.69) is 10.1 Å². The fourth-order valence-corrected chi connectivity index (χ4v) is 4.73. The van der Waals surface area contributed by atoms with Gasteiger partial charge in [0.25, 0.3) is 5.91 Å². The third-order valence-corrected chi connectivity index (χ3v) is 6.63. The second-order valence-corrected chi connectivity index (χ2v) is 9.23. The van der Waals surface area contributed by atoms with Crippen LogP contribution in [0.3, 0.4) is 0 Å². The molecule has 2 aliphatic heterocycles. The molecule has 2 aromatic heterocycles. The van der Waals surface area contributed by atoms with E-state index in [1.165, 1.54) is 4.90 Å². The Morgan fingerprint density at radius 2 is 1.86 bits per heavy atom. The second kappa shape index (κ2) is 10.9. The molecule has 0 saturated carbocycles. The second-order valence-electron chi connectivity index (χ2n) is 9.23. The van der Waals surface area contributed by atoms with Gasteiger partial charge in [-0.1, -0.05) is 30.3 Å². The number of rotatable bonds is 8. The Balaban J connectivity index is 1.29. The van der Waals surface area contributed by atoms with Crippen LogP contribution in [-0.2, 0) is 20.9 Å². The smallest absolute Gasteiger partial charge is 0.275 e. The molecule has 0 bridgehead atoms. The molecule has 5 rings (SSSR count). The molecule has 0 spiro atoms. The molecule has 2 saturated heterocycles. The Morgan fingerprint density at radius 3 is 2.64 bits per heavy atom. The summed E-state index contributed by atoms with van der Waals surface area (Å²) in [4.78, 5) is 47.9. The standard InChI is InChI=1S/C26H30N6O4/c33-24-9-4-11-29(24)12-6-13-30-16-21(36-19-20-7-2-1-3-8-20)17-31(18-25(30)34)26(35)22-15-23-27-10-5-14-32(23)28-22/h1-3,5,7-8,10,14-15,21H,4,6,9,11-13,16-19H2. The van der Waals surface area contributed by atoms with Crippen molar-refractivity contribution in [3.05, 3.63) is 66.1 Å². The number of hydrogen-bond donors (Lipinski definition) is 0. The van der Waals surface area contributed by atoms with Gasteiger partial charge in [-0.25, -0.2) is 9.50 Å². The highest BCUT2D eigenvalue weighted by Crippen LogP contribution is 2.16. The number of carbonyl (C=O) groups excluding carboxylic acids is 3. The van der Waals surface area contributed by atoms with Crippen molar-refractivity contribution in [2.75, 3.05) is 39.3 Å². The first-order valence-corrected chi connectivity index (χ1v) is 12.4. The molecule has 0 aliphatic carbocycles. The number of likely N-dealkylation sites (tertiary alicyclic amines) is 1. The summed E-state index contributed by atoms with van der Waals surface area (Å²) in [6.07, 6.45) is 5.20. The molecule has 188 valence electrons. The number of fused-ring (bicyclic) bond motifs is 1. The highest BCUT2D eigenvalue weighted by Gasteiger charge is 2.32. The topological polar surface area (TPSA) is 100 Å². The van der Waals surface area contributed by atoms with Crippen LogP contribution in [0.25, 0.3) is 5.65 Å². The van der Waals surface area contributed by atoms with Crippen LogP contribution in [0.5, 0.6) is 0 Å². The van der Waals surface area contributed by atoms with E-state index in [0.29, 0.717) is 44.7 Å². The van der Waals surface area contributed by atoms with Crippen LogP contribution < -0.4 is 0 Å². The van der Waals surface area contributed by atoms with Gasteiger partial charge in [-0.05, 0) is 24.5 Å². The summed E-state index contributed by atoms with van der Waals surface area (Å²) >= 11 is 0. The van der Waals surface area contributed by atoms with E-state index in [9.17, 15) is 14.4 Å². The lowest BCUT2D eigenvalue weighted by molar-refractivity contribution is -0.131. The Morgan fingerprint density at radius 1 is 1.03 bits per heavy atom. The van der Waals surface area contributed by atoms with Crippen molar-refractivity contribution in [2.24, 2.45) is 0 Å². The van der Waals surface area contributed by atoms with Crippen LogP contribution in [0.15, 0.2) is 54.9 Å². The van der Waals surface area contributed by atoms with Crippen molar-refractivity contribution >= 4 is 23.4 Å². The summed E-state index contributed by atoms with van der Waals surface area (Å²) in [6.45, 7) is 2.93. The van der Waals surface area contributed by atoms with Crippen LogP contribution in [0, 0.1) is 0 Å². The molecule has 0 radical (unpaired) electrons. The zero-order valence-corrected chi connectivity index (χ0v) is 20.2. The van der Waals surface area contributed by atoms with Gasteiger partial charge in [-0.2, -0.15) is 5.10 Å². The number of nitrogens with zero attached hydrogens (tertiary/aromatic N) is 6. The van der Waals surface area contributed by atoms with E-state index < -0.39 is 0 Å². The third kappa shape index (κ3) is 5.54. The molecule has 2 fully saturated rings. The predicted octanol–water partition coefficient (Wildman–Crippen LogP) is 1.61. The van der Waals surface area contributed by atoms with Gasteiger partial charge in [0.2, 0.25) is 11.8 Å². The molecule has 4 heterocycles. The van der Waals surface area contributed by atoms with E-state index in [1.807, 2.05) is 35.2 Å². The number of ether oxygens (including phenoxy) is 1. The maximum atomic E-state index is 13.4. The van der Waals surface area contributed by atoms with E-state index >= 15 is 0 Å². The van der Waals surface area contributed by atoms with E-state index in [4.69, 9.17) is 4.74 Å². The summed E-state index contributed by atoms with van der Waals surface area (Å²) in [5.41, 5.74) is 1.83. The van der Waals surface area contributed by atoms with Crippen molar-refractivity contribution in [1.82, 2.24) is 29.3 Å². The first-order chi connectivity index (χ1) is 17.6. The fraction of sp³-hybridized carbons (Fsp3) is 0.423. The molecule has 3 amide bonds. The normalized spacial score (nSPS) is 18.8. The lowest BCUT2D eigenvalue weighted by Crippen LogP contribution is -2.40. The van der Waals surface area contributed by atoms with Gasteiger partial charge in [-0.3, -0.25) is 14.4 Å². The zero-order valence-electron chi connectivity index (χ0n) is 20.2. The quantitative estimate of drug-likeness (QED) is 0.476. The molecule has 0 N–H and O–H groups in total. The summed E-state index contributed by atoms with van der Waals surface area (Å²) in [5.74, 6) is -0.282. The summed E-state index contributed by atoms with van der Waals surface area (Å²) in [6, 6.07) is 13.2. The molecule has 10 nitrogen and oxygen atoms in total. The van der Waals surface area contributed by atoms with Gasteiger partial charge in [0, 0.05) is 57.6 Å². The highest BCUT2D eigenvalue weighted by atomic mass is 16.5. The van der Waals surface area contributed by atoms with Gasteiger partial charge < -0.3 is 19.4 Å². The van der Waals surface area contributed by atoms with Crippen molar-refractivity contribution in [3.8, 4) is 0 Å². The van der Waals surface area contributed by atoms with Crippen LogP contribution in [0.2, 0.25) is 0 Å². The van der Waals surface area contributed by atoms with Crippen LogP contribution in [0.4, 0.5) is 0 Å². The average Bonchev–Trinajstić information content (AvgIpc) is 3.47. The maximum Gasteiger partial charge on any atom is 0.275 e. The minimum Gasteiger partial charge on any atom is -0.370 e. The molecular formula is C26H30N6O4. The van der Waals surface area contributed by atoms with Gasteiger partial charge in [-0.15, -0.1) is 0 Å². The number of carbonyl (C=O) groups is 3. The van der Waals surface area contributed by atoms with Crippen LogP contribution >= 0.6 is 0 Å². The number of amides is 3. The Labute approximate surface area is 209 Å². The Hall–Kier alpha value is -3.79. The first-order valence-electron chi connectivity index (χ1n) is 12.4. The van der Waals surface area contributed by atoms with Crippen molar-refractivity contribution in [1.29, 1.82) is 0 Å². The van der Waals surface area contributed by atoms with Crippen molar-refractivity contribution < 1.29 is 19.1 Å². The predicted molar refractivity (Wildman–Crippen MR) is 131 cm³/mol. The minimum absolute atomic E-state index is 0.0476. The highest BCUT2D eigenvalue weighted by molar-refractivity contribution is 5.96. The third-order valence-electron chi connectivity index (χ3n) is 6.63. The number of benzene rings is 1. The maximum absolute atomic E-state index is 13.4. The van der Waals surface area contributed by atoms with Gasteiger partial charge >= 0.3 is 0 Å². The Kier molecular flexibility index (Phi) is 7.22. The zero-order chi connectivity index (χ0) is 24.9. The SMILES string of the molecule is O=C1CCCN1CCCN1CC(OCc2ccccc2)CN(C(=O)c2cc3ncccn3n2)CC1=O. The molecule has 2 aliphatic rings. The van der Waals surface area contributed by atoms with Gasteiger partial charge in [0.1, 0.15) is 6.54 Å². The average molecular weight is 491 g/mol. The van der Waals surface area contributed by atoms with Gasteiger partial charge in [0.05, 0.1) is 12.7 Å². The summed E-state index contributed by atoms with van der Waals surface area (Å²) < 4.78 is 7.75. The molecule has 1 aromatic carbocycles. The molecule has 1 atom stereocenters.